The third kappa shape index (κ3) is 4.14. The number of carbonyl (C=O) groups is 2. The molecule has 2 bridgehead atoms. The van der Waals surface area contributed by atoms with Crippen LogP contribution in [-0.4, -0.2) is 84.7 Å². The number of fused-ring (bicyclic) bond motifs is 5. The van der Waals surface area contributed by atoms with E-state index in [1.54, 1.807) is 0 Å². The molecular formula is C25H34N4O4. The van der Waals surface area contributed by atoms with Gasteiger partial charge in [0, 0.05) is 63.0 Å². The molecule has 1 aromatic rings. The number of nitrogens with one attached hydrogen (secondary N) is 1. The van der Waals surface area contributed by atoms with Crippen molar-refractivity contribution in [1.29, 1.82) is 0 Å². The van der Waals surface area contributed by atoms with Gasteiger partial charge in [0.25, 0.3) is 0 Å². The number of anilines is 1. The molecule has 5 aliphatic rings. The second kappa shape index (κ2) is 8.70. The summed E-state index contributed by atoms with van der Waals surface area (Å²) in [6.45, 7) is 5.81. The summed E-state index contributed by atoms with van der Waals surface area (Å²) >= 11 is 0. The quantitative estimate of drug-likeness (QED) is 0.744. The minimum absolute atomic E-state index is 0.0444. The Morgan fingerprint density at radius 2 is 1.82 bits per heavy atom. The molecule has 1 N–H and O–H groups in total. The Labute approximate surface area is 195 Å². The molecule has 3 atom stereocenters. The van der Waals surface area contributed by atoms with Gasteiger partial charge in [0.2, 0.25) is 5.91 Å². The maximum Gasteiger partial charge on any atom is 0.321 e. The van der Waals surface area contributed by atoms with Gasteiger partial charge >= 0.3 is 6.03 Å². The predicted molar refractivity (Wildman–Crippen MR) is 124 cm³/mol. The molecule has 6 rings (SSSR count). The first-order valence-corrected chi connectivity index (χ1v) is 12.6. The van der Waals surface area contributed by atoms with Gasteiger partial charge in [0.15, 0.2) is 11.5 Å². The molecular weight excluding hydrogens is 420 g/mol. The summed E-state index contributed by atoms with van der Waals surface area (Å²) in [4.78, 5) is 32.1. The van der Waals surface area contributed by atoms with Gasteiger partial charge in [0.1, 0.15) is 13.2 Å². The smallest absolute Gasteiger partial charge is 0.321 e. The lowest BCUT2D eigenvalue weighted by atomic mass is 9.75. The Balaban J connectivity index is 1.03. The zero-order valence-electron chi connectivity index (χ0n) is 19.2. The van der Waals surface area contributed by atoms with Gasteiger partial charge in [-0.25, -0.2) is 4.79 Å². The molecule has 5 aliphatic heterocycles. The van der Waals surface area contributed by atoms with Crippen molar-refractivity contribution in [2.75, 3.05) is 51.3 Å². The fourth-order valence-corrected chi connectivity index (χ4v) is 6.70. The van der Waals surface area contributed by atoms with Gasteiger partial charge in [-0.15, -0.1) is 0 Å². The van der Waals surface area contributed by atoms with Crippen LogP contribution in [0.5, 0.6) is 11.5 Å². The van der Waals surface area contributed by atoms with Crippen LogP contribution >= 0.6 is 0 Å². The fraction of sp³-hybridized carbons (Fsp3) is 0.680. The summed E-state index contributed by atoms with van der Waals surface area (Å²) < 4.78 is 11.2. The summed E-state index contributed by atoms with van der Waals surface area (Å²) in [5, 5.41) is 3.02. The van der Waals surface area contributed by atoms with Crippen molar-refractivity contribution >= 4 is 17.6 Å². The van der Waals surface area contributed by atoms with Gasteiger partial charge in [-0.1, -0.05) is 0 Å². The largest absolute Gasteiger partial charge is 0.486 e. The highest BCUT2D eigenvalue weighted by molar-refractivity contribution is 5.89. The van der Waals surface area contributed by atoms with Crippen LogP contribution in [0.1, 0.15) is 38.5 Å². The Morgan fingerprint density at radius 1 is 1.00 bits per heavy atom. The molecule has 4 saturated heterocycles. The maximum atomic E-state index is 12.9. The van der Waals surface area contributed by atoms with Crippen LogP contribution < -0.4 is 14.8 Å². The lowest BCUT2D eigenvalue weighted by Crippen LogP contribution is -2.62. The fourth-order valence-electron chi connectivity index (χ4n) is 6.70. The molecule has 0 spiro atoms. The molecule has 8 heteroatoms. The van der Waals surface area contributed by atoms with Crippen LogP contribution in [0.15, 0.2) is 18.2 Å². The van der Waals surface area contributed by atoms with E-state index in [4.69, 9.17) is 9.47 Å². The molecule has 33 heavy (non-hydrogen) atoms. The van der Waals surface area contributed by atoms with Crippen LogP contribution in [0.2, 0.25) is 0 Å². The minimum atomic E-state index is -0.0444. The van der Waals surface area contributed by atoms with Crippen molar-refractivity contribution in [3.8, 4) is 11.5 Å². The van der Waals surface area contributed by atoms with Gasteiger partial charge < -0.3 is 24.6 Å². The SMILES string of the molecule is O=C(Nc1ccc2c(c1)OCCO2)N1CCC(N2C[C@H]3C[C@H](C2)[C@H]2CCCC(=O)N2C3)CC1. The van der Waals surface area contributed by atoms with Crippen molar-refractivity contribution < 1.29 is 19.1 Å². The lowest BCUT2D eigenvalue weighted by Gasteiger charge is -2.54. The Hall–Kier alpha value is -2.48. The number of carbonyl (C=O) groups excluding carboxylic acids is 2. The highest BCUT2D eigenvalue weighted by atomic mass is 16.6. The highest BCUT2D eigenvalue weighted by Crippen LogP contribution is 2.39. The van der Waals surface area contributed by atoms with E-state index in [0.717, 1.165) is 69.8 Å². The number of hydrogen-bond acceptors (Lipinski definition) is 5. The molecule has 0 saturated carbocycles. The molecule has 0 aromatic heterocycles. The van der Waals surface area contributed by atoms with E-state index >= 15 is 0 Å². The monoisotopic (exact) mass is 454 g/mol. The molecule has 0 aliphatic carbocycles. The average Bonchev–Trinajstić information content (AvgIpc) is 2.85. The number of hydrogen-bond donors (Lipinski definition) is 1. The first kappa shape index (κ1) is 21.1. The normalized spacial score (nSPS) is 30.1. The van der Waals surface area contributed by atoms with Crippen molar-refractivity contribution in [2.45, 2.75) is 50.6 Å². The van der Waals surface area contributed by atoms with Crippen LogP contribution in [0.25, 0.3) is 0 Å². The van der Waals surface area contributed by atoms with E-state index in [0.29, 0.717) is 48.8 Å². The van der Waals surface area contributed by atoms with Gasteiger partial charge in [-0.05, 0) is 56.1 Å². The number of likely N-dealkylation sites (tertiary alicyclic amines) is 2. The van der Waals surface area contributed by atoms with Crippen molar-refractivity contribution in [1.82, 2.24) is 14.7 Å². The Morgan fingerprint density at radius 3 is 2.67 bits per heavy atom. The van der Waals surface area contributed by atoms with E-state index in [1.807, 2.05) is 23.1 Å². The molecule has 0 radical (unpaired) electrons. The molecule has 3 amide bonds. The minimum Gasteiger partial charge on any atom is -0.486 e. The molecule has 8 nitrogen and oxygen atoms in total. The zero-order chi connectivity index (χ0) is 22.4. The molecule has 4 fully saturated rings. The number of ether oxygens (including phenoxy) is 2. The van der Waals surface area contributed by atoms with Crippen molar-refractivity contribution in [3.05, 3.63) is 18.2 Å². The predicted octanol–water partition coefficient (Wildman–Crippen LogP) is 2.79. The van der Waals surface area contributed by atoms with E-state index in [9.17, 15) is 9.59 Å². The number of amides is 3. The third-order valence-corrected chi connectivity index (χ3v) is 8.27. The van der Waals surface area contributed by atoms with Crippen molar-refractivity contribution in [2.24, 2.45) is 11.8 Å². The topological polar surface area (TPSA) is 74.4 Å². The number of piperidine rings is 4. The summed E-state index contributed by atoms with van der Waals surface area (Å²) in [6.07, 6.45) is 6.28. The Bertz CT molecular complexity index is 916. The maximum absolute atomic E-state index is 12.9. The van der Waals surface area contributed by atoms with Crippen LogP contribution in [0.3, 0.4) is 0 Å². The average molecular weight is 455 g/mol. The summed E-state index contributed by atoms with van der Waals surface area (Å²) in [7, 11) is 0. The van der Waals surface area contributed by atoms with Gasteiger partial charge in [0.05, 0.1) is 0 Å². The van der Waals surface area contributed by atoms with E-state index in [-0.39, 0.29) is 6.03 Å². The van der Waals surface area contributed by atoms with Crippen LogP contribution in [0.4, 0.5) is 10.5 Å². The highest BCUT2D eigenvalue weighted by Gasteiger charge is 2.45. The standard InChI is InChI=1S/C25H34N4O4/c30-24-3-1-2-21-18-12-17(15-29(21)24)14-28(16-18)20-6-8-27(9-7-20)25(31)26-19-4-5-22-23(13-19)33-11-10-32-22/h4-5,13,17-18,20-21H,1-3,6-12,14-16H2,(H,26,31)/t17-,18-,21-/m1/s1. The first-order chi connectivity index (χ1) is 16.1. The Kier molecular flexibility index (Phi) is 5.56. The second-order valence-corrected chi connectivity index (χ2v) is 10.3. The van der Waals surface area contributed by atoms with Gasteiger partial charge in [-0.2, -0.15) is 0 Å². The molecule has 1 aromatic carbocycles. The second-order valence-electron chi connectivity index (χ2n) is 10.3. The summed E-state index contributed by atoms with van der Waals surface area (Å²) in [5.41, 5.74) is 0.738. The third-order valence-electron chi connectivity index (χ3n) is 8.27. The molecule has 178 valence electrons. The number of nitrogens with zero attached hydrogens (tertiary/aromatic N) is 3. The van der Waals surface area contributed by atoms with E-state index < -0.39 is 0 Å². The lowest BCUT2D eigenvalue weighted by molar-refractivity contribution is -0.145. The summed E-state index contributed by atoms with van der Waals surface area (Å²) in [6, 6.07) is 6.51. The number of rotatable bonds is 2. The zero-order valence-corrected chi connectivity index (χ0v) is 19.2. The number of urea groups is 1. The van der Waals surface area contributed by atoms with Crippen molar-refractivity contribution in [3.63, 3.8) is 0 Å². The van der Waals surface area contributed by atoms with Crippen LogP contribution in [0, 0.1) is 11.8 Å². The van der Waals surface area contributed by atoms with Crippen LogP contribution in [-0.2, 0) is 4.79 Å². The molecule has 0 unspecified atom stereocenters. The first-order valence-electron chi connectivity index (χ1n) is 12.6. The summed E-state index contributed by atoms with van der Waals surface area (Å²) in [5.74, 6) is 3.03. The van der Waals surface area contributed by atoms with E-state index in [2.05, 4.69) is 15.1 Å². The van der Waals surface area contributed by atoms with Gasteiger partial charge in [-0.3, -0.25) is 9.69 Å². The van der Waals surface area contributed by atoms with E-state index in [1.165, 1.54) is 12.8 Å². The number of benzene rings is 1. The molecule has 5 heterocycles.